The van der Waals surface area contributed by atoms with E-state index in [2.05, 4.69) is 18.6 Å². The Bertz CT molecular complexity index is 1140. The zero-order valence-corrected chi connectivity index (χ0v) is 25.6. The number of methoxy groups -OCH3 is 1. The van der Waals surface area contributed by atoms with Gasteiger partial charge in [0.2, 0.25) is 5.91 Å². The van der Waals surface area contributed by atoms with E-state index in [1.54, 1.807) is 7.11 Å². The average Bonchev–Trinajstić information content (AvgIpc) is 3.25. The summed E-state index contributed by atoms with van der Waals surface area (Å²) in [6.45, 7) is 11.4. The van der Waals surface area contributed by atoms with Crippen LogP contribution in [0.25, 0.3) is 11.1 Å². The quantitative estimate of drug-likeness (QED) is 0.315. The van der Waals surface area contributed by atoms with Gasteiger partial charge >= 0.3 is 0 Å². The number of rotatable bonds is 12. The number of hydrogen-bond acceptors (Lipinski definition) is 5. The van der Waals surface area contributed by atoms with Crippen molar-refractivity contribution in [3.8, 4) is 11.1 Å². The molecule has 0 saturated heterocycles. The van der Waals surface area contributed by atoms with E-state index in [1.807, 2.05) is 56.0 Å². The van der Waals surface area contributed by atoms with Crippen LogP contribution in [0.1, 0.15) is 83.6 Å². The van der Waals surface area contributed by atoms with E-state index in [1.165, 1.54) is 30.6 Å². The van der Waals surface area contributed by atoms with E-state index < -0.39 is 15.6 Å². The molecule has 212 valence electrons. The summed E-state index contributed by atoms with van der Waals surface area (Å²) in [5.74, 6) is 1.11. The summed E-state index contributed by atoms with van der Waals surface area (Å²) in [5, 5.41) is 0. The Labute approximate surface area is 234 Å². The molecule has 0 aliphatic heterocycles. The maximum absolute atomic E-state index is 13.3. The third-order valence-electron chi connectivity index (χ3n) is 6.79. The van der Waals surface area contributed by atoms with Gasteiger partial charge in [0.1, 0.15) is 4.21 Å². The SMILES string of the molecule is COCCN(Cc1ccc(-c2cc(CC(C)C)sc2S(=O)(=O)NC(C)(C)C)cc1)C(=O)CC1CCCCC1. The van der Waals surface area contributed by atoms with Gasteiger partial charge in [-0.3, -0.25) is 4.79 Å². The smallest absolute Gasteiger partial charge is 0.251 e. The first kappa shape index (κ1) is 30.8. The van der Waals surface area contributed by atoms with Gasteiger partial charge in [0, 0.05) is 42.6 Å². The van der Waals surface area contributed by atoms with Crippen molar-refractivity contribution < 1.29 is 17.9 Å². The summed E-state index contributed by atoms with van der Waals surface area (Å²) >= 11 is 1.36. The lowest BCUT2D eigenvalue weighted by Crippen LogP contribution is -2.40. The second-order valence-corrected chi connectivity index (χ2v) is 15.1. The van der Waals surface area contributed by atoms with Crippen LogP contribution in [0.5, 0.6) is 0 Å². The van der Waals surface area contributed by atoms with Gasteiger partial charge < -0.3 is 9.64 Å². The minimum absolute atomic E-state index is 0.191. The molecule has 1 aliphatic rings. The maximum Gasteiger partial charge on any atom is 0.251 e. The van der Waals surface area contributed by atoms with Crippen molar-refractivity contribution in [2.24, 2.45) is 11.8 Å². The highest BCUT2D eigenvalue weighted by molar-refractivity contribution is 7.91. The number of carbonyl (C=O) groups is 1. The second-order valence-electron chi connectivity index (χ2n) is 12.1. The number of nitrogens with zero attached hydrogens (tertiary/aromatic N) is 1. The molecule has 6 nitrogen and oxygen atoms in total. The second kappa shape index (κ2) is 13.6. The largest absolute Gasteiger partial charge is 0.383 e. The van der Waals surface area contributed by atoms with Gasteiger partial charge in [-0.2, -0.15) is 0 Å². The van der Waals surface area contributed by atoms with Crippen molar-refractivity contribution in [3.05, 3.63) is 40.8 Å². The Hall–Kier alpha value is -1.74. The number of ether oxygens (including phenoxy) is 1. The van der Waals surface area contributed by atoms with Crippen LogP contribution in [0.3, 0.4) is 0 Å². The number of hydrogen-bond donors (Lipinski definition) is 1. The third kappa shape index (κ3) is 9.18. The van der Waals surface area contributed by atoms with Crippen molar-refractivity contribution >= 4 is 27.3 Å². The molecule has 0 bridgehead atoms. The van der Waals surface area contributed by atoms with Crippen molar-refractivity contribution in [2.75, 3.05) is 20.3 Å². The first-order chi connectivity index (χ1) is 17.9. The molecule has 0 atom stereocenters. The third-order valence-corrected chi connectivity index (χ3v) is 10.2. The fourth-order valence-corrected chi connectivity index (χ4v) is 8.42. The molecule has 3 rings (SSSR count). The van der Waals surface area contributed by atoms with Crippen LogP contribution >= 0.6 is 11.3 Å². The average molecular weight is 563 g/mol. The molecule has 1 aromatic heterocycles. The number of thiophene rings is 1. The molecule has 2 aromatic rings. The zero-order chi connectivity index (χ0) is 27.9. The Balaban J connectivity index is 1.83. The van der Waals surface area contributed by atoms with Gasteiger partial charge in [0.05, 0.1) is 6.61 Å². The maximum atomic E-state index is 13.3. The van der Waals surface area contributed by atoms with E-state index in [-0.39, 0.29) is 5.91 Å². The van der Waals surface area contributed by atoms with E-state index in [4.69, 9.17) is 4.74 Å². The van der Waals surface area contributed by atoms with E-state index in [0.717, 1.165) is 40.8 Å². The Morgan fingerprint density at radius 3 is 2.37 bits per heavy atom. The number of amides is 1. The molecule has 1 amide bonds. The molecular formula is C30H46N2O4S2. The standard InChI is InChI=1S/C30H46N2O4S2/c1-22(2)18-26-20-27(29(37-26)38(34,35)31-30(3,4)5)25-14-12-24(13-15-25)21-32(16-17-36-6)28(33)19-23-10-8-7-9-11-23/h12-15,20,22-23,31H,7-11,16-19,21H2,1-6H3. The predicted molar refractivity (Wildman–Crippen MR) is 157 cm³/mol. The number of carbonyl (C=O) groups excluding carboxylic acids is 1. The van der Waals surface area contributed by atoms with Crippen LogP contribution in [0.15, 0.2) is 34.5 Å². The fourth-order valence-electron chi connectivity index (χ4n) is 5.05. The lowest BCUT2D eigenvalue weighted by Gasteiger charge is -2.27. The van der Waals surface area contributed by atoms with Gasteiger partial charge in [-0.15, -0.1) is 11.3 Å². The summed E-state index contributed by atoms with van der Waals surface area (Å²) in [4.78, 5) is 16.1. The minimum Gasteiger partial charge on any atom is -0.383 e. The first-order valence-electron chi connectivity index (χ1n) is 13.9. The molecule has 8 heteroatoms. The topological polar surface area (TPSA) is 75.7 Å². The fraction of sp³-hybridized carbons (Fsp3) is 0.633. The Morgan fingerprint density at radius 1 is 1.13 bits per heavy atom. The van der Waals surface area contributed by atoms with Gasteiger partial charge in [-0.05, 0) is 69.1 Å². The van der Waals surface area contributed by atoms with E-state index in [9.17, 15) is 13.2 Å². The molecule has 38 heavy (non-hydrogen) atoms. The number of sulfonamides is 1. The summed E-state index contributed by atoms with van der Waals surface area (Å²) in [6.07, 6.45) is 7.46. The normalized spacial score (nSPS) is 15.2. The highest BCUT2D eigenvalue weighted by atomic mass is 32.2. The van der Waals surface area contributed by atoms with Crippen LogP contribution in [-0.4, -0.2) is 45.0 Å². The predicted octanol–water partition coefficient (Wildman–Crippen LogP) is 6.64. The van der Waals surface area contributed by atoms with Gasteiger partial charge in [0.15, 0.2) is 0 Å². The van der Waals surface area contributed by atoms with Crippen LogP contribution in [0.2, 0.25) is 0 Å². The molecule has 0 unspecified atom stereocenters. The Morgan fingerprint density at radius 2 is 1.79 bits per heavy atom. The molecule has 0 spiro atoms. The molecule has 1 aromatic carbocycles. The van der Waals surface area contributed by atoms with Crippen LogP contribution in [0, 0.1) is 11.8 Å². The highest BCUT2D eigenvalue weighted by Crippen LogP contribution is 2.37. The van der Waals surface area contributed by atoms with Crippen LogP contribution in [-0.2, 0) is 32.5 Å². The minimum atomic E-state index is -3.67. The Kier molecular flexibility index (Phi) is 11.0. The zero-order valence-electron chi connectivity index (χ0n) is 24.0. The van der Waals surface area contributed by atoms with E-state index in [0.29, 0.717) is 42.2 Å². The first-order valence-corrected chi connectivity index (χ1v) is 16.2. The molecular weight excluding hydrogens is 516 g/mol. The van der Waals surface area contributed by atoms with E-state index >= 15 is 0 Å². The van der Waals surface area contributed by atoms with Crippen molar-refractivity contribution in [3.63, 3.8) is 0 Å². The van der Waals surface area contributed by atoms with Crippen molar-refractivity contribution in [1.29, 1.82) is 0 Å². The van der Waals surface area contributed by atoms with Gasteiger partial charge in [-0.25, -0.2) is 13.1 Å². The molecule has 1 heterocycles. The number of nitrogens with one attached hydrogen (secondary N) is 1. The lowest BCUT2D eigenvalue weighted by molar-refractivity contribution is -0.133. The number of benzene rings is 1. The monoisotopic (exact) mass is 562 g/mol. The molecule has 1 saturated carbocycles. The highest BCUT2D eigenvalue weighted by Gasteiger charge is 2.28. The molecule has 1 aliphatic carbocycles. The summed E-state index contributed by atoms with van der Waals surface area (Å²) in [5.41, 5.74) is 2.05. The molecule has 0 radical (unpaired) electrons. The van der Waals surface area contributed by atoms with Crippen molar-refractivity contribution in [1.82, 2.24) is 9.62 Å². The summed E-state index contributed by atoms with van der Waals surface area (Å²) in [7, 11) is -2.01. The van der Waals surface area contributed by atoms with Crippen molar-refractivity contribution in [2.45, 2.75) is 95.9 Å². The summed E-state index contributed by atoms with van der Waals surface area (Å²) in [6, 6.07) is 10.0. The van der Waals surface area contributed by atoms with Crippen LogP contribution in [0.4, 0.5) is 0 Å². The van der Waals surface area contributed by atoms with Crippen LogP contribution < -0.4 is 4.72 Å². The summed E-state index contributed by atoms with van der Waals surface area (Å²) < 4.78 is 35.1. The molecule has 1 N–H and O–H groups in total. The van der Waals surface area contributed by atoms with Gasteiger partial charge in [-0.1, -0.05) is 57.4 Å². The van der Waals surface area contributed by atoms with Gasteiger partial charge in [0.25, 0.3) is 10.0 Å². The lowest BCUT2D eigenvalue weighted by atomic mass is 9.86. The molecule has 1 fully saturated rings.